The Morgan fingerprint density at radius 2 is 1.87 bits per heavy atom. The number of methoxy groups -OCH3 is 1. The van der Waals surface area contributed by atoms with E-state index in [1.54, 1.807) is 25.3 Å². The van der Waals surface area contributed by atoms with E-state index >= 15 is 0 Å². The third kappa shape index (κ3) is 2.81. The van der Waals surface area contributed by atoms with E-state index in [4.69, 9.17) is 4.74 Å². The van der Waals surface area contributed by atoms with Gasteiger partial charge in [-0.05, 0) is 25.0 Å². The smallest absolute Gasteiger partial charge is 0.231 e. The van der Waals surface area contributed by atoms with Crippen LogP contribution in [0.3, 0.4) is 0 Å². The number of carbonyl (C=O) groups excluding carboxylic acids is 1. The minimum absolute atomic E-state index is 0.0588. The minimum Gasteiger partial charge on any atom is -0.496 e. The number of para-hydroxylation sites is 1. The lowest BCUT2D eigenvalue weighted by Gasteiger charge is -2.41. The van der Waals surface area contributed by atoms with E-state index in [1.807, 2.05) is 24.3 Å². The van der Waals surface area contributed by atoms with Crippen LogP contribution < -0.4 is 10.1 Å². The Balaban J connectivity index is 1.80. The molecule has 0 aliphatic heterocycles. The summed E-state index contributed by atoms with van der Waals surface area (Å²) in [4.78, 5) is 12.8. The molecule has 23 heavy (non-hydrogen) atoms. The van der Waals surface area contributed by atoms with Gasteiger partial charge in [0.1, 0.15) is 11.6 Å². The molecule has 2 aromatic carbocycles. The average molecular weight is 313 g/mol. The second-order valence-corrected chi connectivity index (χ2v) is 5.91. The number of amides is 1. The molecule has 3 nitrogen and oxygen atoms in total. The highest BCUT2D eigenvalue weighted by molar-refractivity contribution is 5.90. The van der Waals surface area contributed by atoms with Gasteiger partial charge in [0.25, 0.3) is 0 Å². The summed E-state index contributed by atoms with van der Waals surface area (Å²) in [7, 11) is 1.61. The summed E-state index contributed by atoms with van der Waals surface area (Å²) in [6, 6.07) is 14.1. The fraction of sp³-hybridized carbons (Fsp3) is 0.316. The van der Waals surface area contributed by atoms with Crippen molar-refractivity contribution in [3.8, 4) is 5.75 Å². The average Bonchev–Trinajstić information content (AvgIpc) is 2.53. The molecule has 0 saturated heterocycles. The molecule has 0 unspecified atom stereocenters. The number of hydrogen-bond donors (Lipinski definition) is 1. The quantitative estimate of drug-likeness (QED) is 0.916. The SMILES string of the molecule is COc1ccccc1C1(C(=O)NCc2ccccc2F)CCC1. The Morgan fingerprint density at radius 3 is 2.52 bits per heavy atom. The molecule has 1 aliphatic rings. The summed E-state index contributed by atoms with van der Waals surface area (Å²) in [5.74, 6) is 0.373. The highest BCUT2D eigenvalue weighted by atomic mass is 19.1. The van der Waals surface area contributed by atoms with E-state index in [2.05, 4.69) is 5.32 Å². The fourth-order valence-corrected chi connectivity index (χ4v) is 3.18. The van der Waals surface area contributed by atoms with Crippen molar-refractivity contribution in [1.29, 1.82) is 0 Å². The lowest BCUT2D eigenvalue weighted by atomic mass is 9.63. The number of ether oxygens (including phenoxy) is 1. The van der Waals surface area contributed by atoms with Gasteiger partial charge in [-0.1, -0.05) is 42.8 Å². The zero-order valence-electron chi connectivity index (χ0n) is 13.1. The van der Waals surface area contributed by atoms with E-state index in [0.29, 0.717) is 5.56 Å². The van der Waals surface area contributed by atoms with Gasteiger partial charge in [0, 0.05) is 17.7 Å². The standard InChI is InChI=1S/C19H20FNO2/c1-23-17-10-5-3-8-15(17)19(11-6-12-19)18(22)21-13-14-7-2-4-9-16(14)20/h2-5,7-10H,6,11-13H2,1H3,(H,21,22). The van der Waals surface area contributed by atoms with E-state index in [0.717, 1.165) is 30.6 Å². The van der Waals surface area contributed by atoms with Crippen LogP contribution in [0.15, 0.2) is 48.5 Å². The van der Waals surface area contributed by atoms with E-state index < -0.39 is 5.41 Å². The van der Waals surface area contributed by atoms with E-state index in [9.17, 15) is 9.18 Å². The first-order valence-corrected chi connectivity index (χ1v) is 7.82. The summed E-state index contributed by atoms with van der Waals surface area (Å²) in [5.41, 5.74) is 0.854. The zero-order valence-corrected chi connectivity index (χ0v) is 13.1. The lowest BCUT2D eigenvalue weighted by molar-refractivity contribution is -0.130. The Hall–Kier alpha value is -2.36. The molecule has 1 aliphatic carbocycles. The molecular formula is C19H20FNO2. The maximum Gasteiger partial charge on any atom is 0.231 e. The van der Waals surface area contributed by atoms with Crippen molar-refractivity contribution in [1.82, 2.24) is 5.32 Å². The lowest BCUT2D eigenvalue weighted by Crippen LogP contribution is -2.49. The molecule has 1 amide bonds. The van der Waals surface area contributed by atoms with Crippen LogP contribution in [0.25, 0.3) is 0 Å². The Morgan fingerprint density at radius 1 is 1.17 bits per heavy atom. The van der Waals surface area contributed by atoms with Gasteiger partial charge in [0.15, 0.2) is 0 Å². The predicted octanol–water partition coefficient (Wildman–Crippen LogP) is 3.57. The number of carbonyl (C=O) groups is 1. The molecular weight excluding hydrogens is 293 g/mol. The second kappa shape index (κ2) is 6.41. The van der Waals surface area contributed by atoms with Crippen LogP contribution in [0.2, 0.25) is 0 Å². The molecule has 0 bridgehead atoms. The van der Waals surface area contributed by atoms with Gasteiger partial charge in [-0.2, -0.15) is 0 Å². The molecule has 0 aromatic heterocycles. The highest BCUT2D eigenvalue weighted by Gasteiger charge is 2.47. The van der Waals surface area contributed by atoms with E-state index in [-0.39, 0.29) is 18.3 Å². The molecule has 4 heteroatoms. The van der Waals surface area contributed by atoms with Crippen molar-refractivity contribution in [3.05, 3.63) is 65.5 Å². The van der Waals surface area contributed by atoms with Crippen LogP contribution in [-0.4, -0.2) is 13.0 Å². The molecule has 0 spiro atoms. The Labute approximate surface area is 135 Å². The topological polar surface area (TPSA) is 38.3 Å². The number of halogens is 1. The van der Waals surface area contributed by atoms with Gasteiger partial charge >= 0.3 is 0 Å². The first kappa shape index (κ1) is 15.5. The molecule has 1 saturated carbocycles. The first-order chi connectivity index (χ1) is 11.2. The van der Waals surface area contributed by atoms with Crippen molar-refractivity contribution >= 4 is 5.91 Å². The number of nitrogens with one attached hydrogen (secondary N) is 1. The zero-order chi connectivity index (χ0) is 16.3. The van der Waals surface area contributed by atoms with Crippen LogP contribution in [0.1, 0.15) is 30.4 Å². The normalized spacial score (nSPS) is 15.6. The molecule has 3 rings (SSSR count). The molecule has 120 valence electrons. The first-order valence-electron chi connectivity index (χ1n) is 7.82. The number of rotatable bonds is 5. The van der Waals surface area contributed by atoms with E-state index in [1.165, 1.54) is 6.07 Å². The Kier molecular flexibility index (Phi) is 4.33. The largest absolute Gasteiger partial charge is 0.496 e. The Bertz CT molecular complexity index is 710. The fourth-order valence-electron chi connectivity index (χ4n) is 3.18. The summed E-state index contributed by atoms with van der Waals surface area (Å²) in [5, 5.41) is 2.90. The molecule has 0 radical (unpaired) electrons. The molecule has 0 heterocycles. The van der Waals surface area contributed by atoms with Crippen LogP contribution in [0.5, 0.6) is 5.75 Å². The monoisotopic (exact) mass is 313 g/mol. The summed E-state index contributed by atoms with van der Waals surface area (Å²) in [6.45, 7) is 0.197. The predicted molar refractivity (Wildman–Crippen MR) is 86.8 cm³/mol. The highest BCUT2D eigenvalue weighted by Crippen LogP contribution is 2.47. The molecule has 1 fully saturated rings. The molecule has 1 N–H and O–H groups in total. The van der Waals surface area contributed by atoms with Gasteiger partial charge in [-0.25, -0.2) is 4.39 Å². The van der Waals surface area contributed by atoms with Crippen molar-refractivity contribution in [2.75, 3.05) is 7.11 Å². The molecule has 2 aromatic rings. The van der Waals surface area contributed by atoms with Gasteiger partial charge in [-0.15, -0.1) is 0 Å². The number of benzene rings is 2. The minimum atomic E-state index is -0.558. The number of hydrogen-bond acceptors (Lipinski definition) is 2. The maximum atomic E-state index is 13.7. The maximum absolute atomic E-state index is 13.7. The van der Waals surface area contributed by atoms with Gasteiger partial charge < -0.3 is 10.1 Å². The second-order valence-electron chi connectivity index (χ2n) is 5.91. The summed E-state index contributed by atoms with van der Waals surface area (Å²) >= 11 is 0. The summed E-state index contributed by atoms with van der Waals surface area (Å²) < 4.78 is 19.1. The van der Waals surface area contributed by atoms with Crippen molar-refractivity contribution in [3.63, 3.8) is 0 Å². The van der Waals surface area contributed by atoms with Crippen LogP contribution >= 0.6 is 0 Å². The van der Waals surface area contributed by atoms with Crippen molar-refractivity contribution in [2.45, 2.75) is 31.2 Å². The molecule has 0 atom stereocenters. The van der Waals surface area contributed by atoms with Crippen LogP contribution in [0.4, 0.5) is 4.39 Å². The van der Waals surface area contributed by atoms with Gasteiger partial charge in [0.2, 0.25) is 5.91 Å². The van der Waals surface area contributed by atoms with Crippen molar-refractivity contribution in [2.24, 2.45) is 0 Å². The summed E-state index contributed by atoms with van der Waals surface area (Å²) in [6.07, 6.45) is 2.58. The van der Waals surface area contributed by atoms with Crippen LogP contribution in [0, 0.1) is 5.82 Å². The third-order valence-electron chi connectivity index (χ3n) is 4.66. The van der Waals surface area contributed by atoms with Crippen molar-refractivity contribution < 1.29 is 13.9 Å². The van der Waals surface area contributed by atoms with Gasteiger partial charge in [-0.3, -0.25) is 4.79 Å². The third-order valence-corrected chi connectivity index (χ3v) is 4.66. The van der Waals surface area contributed by atoms with Crippen LogP contribution in [-0.2, 0) is 16.8 Å². The van der Waals surface area contributed by atoms with Gasteiger partial charge in [0.05, 0.1) is 12.5 Å².